The number of anilines is 1. The third-order valence-corrected chi connectivity index (χ3v) is 4.23. The SMILES string of the molecule is O=C(Nc1cc(-c2ccccc2F)on1)N1CC[C@H](n2cccn2)C1. The van der Waals surface area contributed by atoms with Crippen LogP contribution in [-0.4, -0.2) is 39.0 Å². The van der Waals surface area contributed by atoms with Crippen LogP contribution >= 0.6 is 0 Å². The van der Waals surface area contributed by atoms with E-state index in [1.165, 1.54) is 12.1 Å². The molecule has 3 aromatic rings. The van der Waals surface area contributed by atoms with Gasteiger partial charge in [-0.1, -0.05) is 17.3 Å². The van der Waals surface area contributed by atoms with Gasteiger partial charge in [-0.05, 0) is 24.6 Å². The Bertz CT molecular complexity index is 877. The third-order valence-electron chi connectivity index (χ3n) is 4.23. The van der Waals surface area contributed by atoms with Crippen LogP contribution in [-0.2, 0) is 0 Å². The number of hydrogen-bond donors (Lipinski definition) is 1. The zero-order valence-corrected chi connectivity index (χ0v) is 13.3. The fourth-order valence-corrected chi connectivity index (χ4v) is 2.95. The summed E-state index contributed by atoms with van der Waals surface area (Å²) in [5.41, 5.74) is 0.301. The highest BCUT2D eigenvalue weighted by molar-refractivity contribution is 5.89. The van der Waals surface area contributed by atoms with Crippen molar-refractivity contribution < 1.29 is 13.7 Å². The summed E-state index contributed by atoms with van der Waals surface area (Å²) in [6.07, 6.45) is 4.46. The lowest BCUT2D eigenvalue weighted by Gasteiger charge is -2.16. The first-order valence-corrected chi connectivity index (χ1v) is 7.97. The smallest absolute Gasteiger partial charge is 0.323 e. The van der Waals surface area contributed by atoms with Crippen LogP contribution in [0.1, 0.15) is 12.5 Å². The molecular formula is C17H16FN5O2. The van der Waals surface area contributed by atoms with Crippen LogP contribution in [0.15, 0.2) is 53.3 Å². The lowest BCUT2D eigenvalue weighted by molar-refractivity contribution is 0.220. The molecule has 1 aliphatic rings. The molecule has 8 heteroatoms. The van der Waals surface area contributed by atoms with Gasteiger partial charge in [0.15, 0.2) is 11.6 Å². The minimum Gasteiger partial charge on any atom is -0.354 e. The maximum Gasteiger partial charge on any atom is 0.323 e. The molecule has 2 aromatic heterocycles. The first-order chi connectivity index (χ1) is 12.2. The van der Waals surface area contributed by atoms with Crippen molar-refractivity contribution in [3.63, 3.8) is 0 Å². The Morgan fingerprint density at radius 1 is 1.32 bits per heavy atom. The van der Waals surface area contributed by atoms with Crippen LogP contribution in [0.25, 0.3) is 11.3 Å². The fourth-order valence-electron chi connectivity index (χ4n) is 2.95. The van der Waals surface area contributed by atoms with Gasteiger partial charge in [0, 0.05) is 31.5 Å². The number of amides is 2. The van der Waals surface area contributed by atoms with Gasteiger partial charge < -0.3 is 9.42 Å². The molecule has 1 saturated heterocycles. The molecule has 1 aromatic carbocycles. The summed E-state index contributed by atoms with van der Waals surface area (Å²) in [5.74, 6) is 0.119. The number of hydrogen-bond acceptors (Lipinski definition) is 4. The van der Waals surface area contributed by atoms with Crippen LogP contribution in [0.3, 0.4) is 0 Å². The molecule has 0 unspecified atom stereocenters. The Balaban J connectivity index is 1.41. The van der Waals surface area contributed by atoms with Gasteiger partial charge in [-0.2, -0.15) is 5.10 Å². The number of nitrogens with one attached hydrogen (secondary N) is 1. The number of carbonyl (C=O) groups is 1. The van der Waals surface area contributed by atoms with Crippen molar-refractivity contribution in [2.75, 3.05) is 18.4 Å². The zero-order chi connectivity index (χ0) is 17.2. The molecule has 0 radical (unpaired) electrons. The first kappa shape index (κ1) is 15.4. The van der Waals surface area contributed by atoms with Crippen molar-refractivity contribution in [3.8, 4) is 11.3 Å². The molecule has 0 spiro atoms. The molecule has 3 heterocycles. The standard InChI is InChI=1S/C17H16FN5O2/c18-14-5-2-1-4-13(14)15-10-16(21-25-15)20-17(24)22-9-6-12(11-22)23-8-3-7-19-23/h1-5,7-8,10,12H,6,9,11H2,(H,20,21,24)/t12-/m0/s1. The van der Waals surface area contributed by atoms with Gasteiger partial charge in [-0.3, -0.25) is 10.00 Å². The predicted molar refractivity (Wildman–Crippen MR) is 88.4 cm³/mol. The normalized spacial score (nSPS) is 17.0. The van der Waals surface area contributed by atoms with E-state index in [4.69, 9.17) is 4.52 Å². The van der Waals surface area contributed by atoms with Crippen molar-refractivity contribution in [1.29, 1.82) is 0 Å². The van der Waals surface area contributed by atoms with Crippen LogP contribution < -0.4 is 5.32 Å². The van der Waals surface area contributed by atoms with E-state index in [0.29, 0.717) is 18.7 Å². The summed E-state index contributed by atoms with van der Waals surface area (Å²) in [4.78, 5) is 14.1. The lowest BCUT2D eigenvalue weighted by Crippen LogP contribution is -2.33. The maximum absolute atomic E-state index is 13.8. The Hall–Kier alpha value is -3.16. The van der Waals surface area contributed by atoms with Gasteiger partial charge in [0.1, 0.15) is 5.82 Å². The number of urea groups is 1. The number of aromatic nitrogens is 3. The van der Waals surface area contributed by atoms with Crippen LogP contribution in [0.5, 0.6) is 0 Å². The van der Waals surface area contributed by atoms with Crippen LogP contribution in [0.2, 0.25) is 0 Å². The van der Waals surface area contributed by atoms with E-state index < -0.39 is 5.82 Å². The molecule has 128 valence electrons. The van der Waals surface area contributed by atoms with Crippen molar-refractivity contribution in [2.45, 2.75) is 12.5 Å². The average Bonchev–Trinajstić information content (AvgIpc) is 3.36. The molecule has 4 rings (SSSR count). The molecule has 2 amide bonds. The minimum atomic E-state index is -0.405. The highest BCUT2D eigenvalue weighted by atomic mass is 19.1. The van der Waals surface area contributed by atoms with Gasteiger partial charge in [0.2, 0.25) is 0 Å². The highest BCUT2D eigenvalue weighted by Gasteiger charge is 2.28. The Labute approximate surface area is 143 Å². The highest BCUT2D eigenvalue weighted by Crippen LogP contribution is 2.26. The molecule has 7 nitrogen and oxygen atoms in total. The zero-order valence-electron chi connectivity index (χ0n) is 13.3. The number of halogens is 1. The fraction of sp³-hybridized carbons (Fsp3) is 0.235. The Kier molecular flexibility index (Phi) is 3.93. The summed E-state index contributed by atoms with van der Waals surface area (Å²) >= 11 is 0. The summed E-state index contributed by atoms with van der Waals surface area (Å²) in [6.45, 7) is 1.21. The number of likely N-dealkylation sites (tertiary alicyclic amines) is 1. The minimum absolute atomic E-state index is 0.173. The summed E-state index contributed by atoms with van der Waals surface area (Å²) in [6, 6.07) is 9.53. The second-order valence-electron chi connectivity index (χ2n) is 5.86. The molecule has 0 saturated carbocycles. The van der Waals surface area contributed by atoms with E-state index in [1.54, 1.807) is 29.3 Å². The van der Waals surface area contributed by atoms with Crippen molar-refractivity contribution in [3.05, 3.63) is 54.6 Å². The molecular weight excluding hydrogens is 325 g/mol. The van der Waals surface area contributed by atoms with E-state index >= 15 is 0 Å². The Morgan fingerprint density at radius 2 is 2.20 bits per heavy atom. The average molecular weight is 341 g/mol. The van der Waals surface area contributed by atoms with E-state index in [0.717, 1.165) is 6.42 Å². The molecule has 0 aliphatic carbocycles. The molecule has 1 fully saturated rings. The largest absolute Gasteiger partial charge is 0.354 e. The van der Waals surface area contributed by atoms with E-state index in [-0.39, 0.29) is 23.7 Å². The maximum atomic E-state index is 13.8. The topological polar surface area (TPSA) is 76.2 Å². The Morgan fingerprint density at radius 3 is 3.00 bits per heavy atom. The van der Waals surface area contributed by atoms with Gasteiger partial charge >= 0.3 is 6.03 Å². The second-order valence-corrected chi connectivity index (χ2v) is 5.86. The molecule has 1 atom stereocenters. The van der Waals surface area contributed by atoms with Crippen LogP contribution in [0.4, 0.5) is 15.0 Å². The van der Waals surface area contributed by atoms with Crippen molar-refractivity contribution in [2.24, 2.45) is 0 Å². The molecule has 1 N–H and O–H groups in total. The molecule has 1 aliphatic heterocycles. The quantitative estimate of drug-likeness (QED) is 0.794. The summed E-state index contributed by atoms with van der Waals surface area (Å²) in [5, 5.41) is 10.7. The van der Waals surface area contributed by atoms with Gasteiger partial charge in [-0.15, -0.1) is 0 Å². The third kappa shape index (κ3) is 3.10. The summed E-state index contributed by atoms with van der Waals surface area (Å²) < 4.78 is 20.8. The summed E-state index contributed by atoms with van der Waals surface area (Å²) in [7, 11) is 0. The van der Waals surface area contributed by atoms with Gasteiger partial charge in [0.05, 0.1) is 11.6 Å². The van der Waals surface area contributed by atoms with Gasteiger partial charge in [-0.25, -0.2) is 9.18 Å². The molecule has 0 bridgehead atoms. The number of benzene rings is 1. The lowest BCUT2D eigenvalue weighted by atomic mass is 10.1. The second kappa shape index (κ2) is 6.39. The predicted octanol–water partition coefficient (Wildman–Crippen LogP) is 3.16. The van der Waals surface area contributed by atoms with Crippen LogP contribution in [0, 0.1) is 5.82 Å². The van der Waals surface area contributed by atoms with Crippen molar-refractivity contribution in [1.82, 2.24) is 19.8 Å². The monoisotopic (exact) mass is 341 g/mol. The van der Waals surface area contributed by atoms with E-state index in [9.17, 15) is 9.18 Å². The van der Waals surface area contributed by atoms with E-state index in [1.807, 2.05) is 16.9 Å². The van der Waals surface area contributed by atoms with Gasteiger partial charge in [0.25, 0.3) is 0 Å². The van der Waals surface area contributed by atoms with E-state index in [2.05, 4.69) is 15.6 Å². The van der Waals surface area contributed by atoms with Crippen molar-refractivity contribution >= 4 is 11.8 Å². The number of rotatable bonds is 3. The molecule has 25 heavy (non-hydrogen) atoms. The number of carbonyl (C=O) groups excluding carboxylic acids is 1. The number of nitrogens with zero attached hydrogens (tertiary/aromatic N) is 4. The first-order valence-electron chi connectivity index (χ1n) is 7.97.